The van der Waals surface area contributed by atoms with Gasteiger partial charge in [0.2, 0.25) is 10.0 Å². The number of hydrogen-bond donors (Lipinski definition) is 1. The van der Waals surface area contributed by atoms with Gasteiger partial charge in [0.15, 0.2) is 0 Å². The quantitative estimate of drug-likeness (QED) is 0.238. The topological polar surface area (TPSA) is 102 Å². The van der Waals surface area contributed by atoms with Gasteiger partial charge in [-0.2, -0.15) is 0 Å². The molecule has 1 N–H and O–H groups in total. The molecule has 0 aliphatic rings. The molecule has 3 aromatic carbocycles. The Morgan fingerprint density at radius 2 is 1.74 bits per heavy atom. The number of aromatic nitrogens is 1. The highest BCUT2D eigenvalue weighted by atomic mass is 32.2. The van der Waals surface area contributed by atoms with Crippen LogP contribution in [0.15, 0.2) is 87.7 Å². The lowest BCUT2D eigenvalue weighted by atomic mass is 9.97. The number of furan rings is 1. The third-order valence-corrected chi connectivity index (χ3v) is 8.60. The molecule has 2 aromatic heterocycles. The van der Waals surface area contributed by atoms with E-state index in [0.29, 0.717) is 39.7 Å². The van der Waals surface area contributed by atoms with Gasteiger partial charge in [0, 0.05) is 54.8 Å². The number of fused-ring (bicyclic) bond motifs is 2. The van der Waals surface area contributed by atoms with Crippen molar-refractivity contribution >= 4 is 43.4 Å². The van der Waals surface area contributed by atoms with Crippen molar-refractivity contribution in [3.63, 3.8) is 0 Å². The van der Waals surface area contributed by atoms with Crippen LogP contribution in [-0.4, -0.2) is 39.2 Å². The Bertz CT molecular complexity index is 2060. The Morgan fingerprint density at radius 1 is 1.05 bits per heavy atom. The van der Waals surface area contributed by atoms with E-state index in [4.69, 9.17) is 4.42 Å². The second kappa shape index (κ2) is 10.9. The molecule has 1 amide bonds. The molecule has 0 saturated carbocycles. The maximum atomic E-state index is 13.7. The normalized spacial score (nSPS) is 12.2. The summed E-state index contributed by atoms with van der Waals surface area (Å²) >= 11 is 0. The molecule has 0 aliphatic heterocycles. The van der Waals surface area contributed by atoms with Crippen LogP contribution in [0.25, 0.3) is 44.2 Å². The predicted octanol–water partition coefficient (Wildman–Crippen LogP) is 5.94. The Labute approximate surface area is 242 Å². The van der Waals surface area contributed by atoms with E-state index >= 15 is 0 Å². The van der Waals surface area contributed by atoms with Crippen molar-refractivity contribution < 1.29 is 22.0 Å². The maximum absolute atomic E-state index is 13.7. The molecule has 0 spiro atoms. The number of carbonyl (C=O) groups is 1. The van der Waals surface area contributed by atoms with E-state index < -0.39 is 21.7 Å². The summed E-state index contributed by atoms with van der Waals surface area (Å²) in [5.41, 5.74) is 3.19. The van der Waals surface area contributed by atoms with Crippen LogP contribution in [0.2, 0.25) is 0 Å². The molecule has 0 saturated heterocycles. The fraction of sp³-hybridized carbons (Fsp3) is 0.188. The van der Waals surface area contributed by atoms with Gasteiger partial charge in [0.25, 0.3) is 11.5 Å². The second-order valence-corrected chi connectivity index (χ2v) is 12.2. The van der Waals surface area contributed by atoms with Crippen LogP contribution in [0.5, 0.6) is 0 Å². The number of pyridine rings is 1. The maximum Gasteiger partial charge on any atom is 0.258 e. The van der Waals surface area contributed by atoms with E-state index in [1.165, 1.54) is 38.4 Å². The number of rotatable bonds is 7. The summed E-state index contributed by atoms with van der Waals surface area (Å²) in [5.74, 6) is -0.647. The highest BCUT2D eigenvalue weighted by Gasteiger charge is 2.26. The van der Waals surface area contributed by atoms with Crippen molar-refractivity contribution in [3.05, 3.63) is 100 Å². The average molecular weight is 588 g/mol. The summed E-state index contributed by atoms with van der Waals surface area (Å²) in [6, 6.07) is 16.0. The van der Waals surface area contributed by atoms with Crippen LogP contribution in [0.4, 0.5) is 10.1 Å². The number of carbonyl (C=O) groups excluding carboxylic acids is 1. The molecule has 10 heteroatoms. The van der Waals surface area contributed by atoms with E-state index in [1.807, 2.05) is 38.1 Å². The summed E-state index contributed by atoms with van der Waals surface area (Å²) in [6.45, 7) is 4.31. The first-order valence-corrected chi connectivity index (χ1v) is 15.1. The molecule has 5 rings (SSSR count). The average Bonchev–Trinajstić information content (AvgIpc) is 3.35. The van der Waals surface area contributed by atoms with Gasteiger partial charge in [-0.1, -0.05) is 23.8 Å². The summed E-state index contributed by atoms with van der Waals surface area (Å²) in [7, 11) is -0.791. The minimum Gasteiger partial charge on any atom is -0.455 e. The lowest BCUT2D eigenvalue weighted by Crippen LogP contribution is -2.25. The number of halogens is 1. The fourth-order valence-corrected chi connectivity index (χ4v) is 5.40. The van der Waals surface area contributed by atoms with E-state index in [9.17, 15) is 22.4 Å². The Kier molecular flexibility index (Phi) is 7.51. The molecule has 0 radical (unpaired) electrons. The van der Waals surface area contributed by atoms with Crippen LogP contribution in [0, 0.1) is 5.82 Å². The number of nitrogens with one attached hydrogen (secondary N) is 1. The molecule has 0 atom stereocenters. The van der Waals surface area contributed by atoms with Crippen molar-refractivity contribution in [2.75, 3.05) is 24.7 Å². The Balaban J connectivity index is 1.82. The van der Waals surface area contributed by atoms with Crippen LogP contribution < -0.4 is 15.2 Å². The highest BCUT2D eigenvalue weighted by Crippen LogP contribution is 2.41. The third kappa shape index (κ3) is 5.21. The number of allylic oxidation sites excluding steroid dienone is 2. The lowest BCUT2D eigenvalue weighted by Gasteiger charge is -2.21. The molecule has 2 heterocycles. The Morgan fingerprint density at radius 3 is 2.38 bits per heavy atom. The first kappa shape index (κ1) is 28.8. The molecule has 0 fully saturated rings. The number of hydrogen-bond acceptors (Lipinski definition) is 5. The molecule has 0 bridgehead atoms. The molecular formula is C32H30FN3O5S. The van der Waals surface area contributed by atoms with Crippen molar-refractivity contribution in [2.45, 2.75) is 20.4 Å². The minimum absolute atomic E-state index is 0.178. The van der Waals surface area contributed by atoms with Gasteiger partial charge in [0.05, 0.1) is 17.5 Å². The van der Waals surface area contributed by atoms with Crippen LogP contribution in [-0.2, 0) is 16.6 Å². The van der Waals surface area contributed by atoms with E-state index in [2.05, 4.69) is 5.32 Å². The number of nitrogens with zero attached hydrogens (tertiary/aromatic N) is 2. The smallest absolute Gasteiger partial charge is 0.258 e. The first-order valence-electron chi connectivity index (χ1n) is 13.2. The van der Waals surface area contributed by atoms with Crippen molar-refractivity contribution in [2.24, 2.45) is 0 Å². The van der Waals surface area contributed by atoms with Gasteiger partial charge >= 0.3 is 0 Å². The van der Waals surface area contributed by atoms with Gasteiger partial charge in [-0.3, -0.25) is 13.9 Å². The second-order valence-electron chi connectivity index (χ2n) is 10.2. The zero-order valence-electron chi connectivity index (χ0n) is 23.9. The van der Waals surface area contributed by atoms with Gasteiger partial charge in [-0.05, 0) is 67.3 Å². The largest absolute Gasteiger partial charge is 0.455 e. The number of benzene rings is 3. The first-order chi connectivity index (χ1) is 19.9. The summed E-state index contributed by atoms with van der Waals surface area (Å²) in [5, 5.41) is 4.28. The number of sulfonamides is 1. The van der Waals surface area contributed by atoms with Crippen molar-refractivity contribution in [1.82, 2.24) is 9.88 Å². The van der Waals surface area contributed by atoms with E-state index in [1.54, 1.807) is 29.0 Å². The molecule has 0 aliphatic carbocycles. The summed E-state index contributed by atoms with van der Waals surface area (Å²) in [6.07, 6.45) is 4.79. The van der Waals surface area contributed by atoms with Gasteiger partial charge in [-0.15, -0.1) is 0 Å². The molecule has 0 unspecified atom stereocenters. The van der Waals surface area contributed by atoms with Crippen LogP contribution >= 0.6 is 0 Å². The fourth-order valence-electron chi connectivity index (χ4n) is 4.89. The number of amides is 1. The van der Waals surface area contributed by atoms with E-state index in [0.717, 1.165) is 21.5 Å². The zero-order valence-corrected chi connectivity index (χ0v) is 24.7. The monoisotopic (exact) mass is 587 g/mol. The van der Waals surface area contributed by atoms with Crippen LogP contribution in [0.1, 0.15) is 24.2 Å². The zero-order chi connectivity index (χ0) is 30.3. The predicted molar refractivity (Wildman–Crippen MR) is 165 cm³/mol. The van der Waals surface area contributed by atoms with Crippen LogP contribution in [0.3, 0.4) is 0 Å². The third-order valence-electron chi connectivity index (χ3n) is 7.41. The molecular weight excluding hydrogens is 557 g/mol. The lowest BCUT2D eigenvalue weighted by molar-refractivity contribution is 0.0964. The van der Waals surface area contributed by atoms with E-state index in [-0.39, 0.29) is 22.5 Å². The van der Waals surface area contributed by atoms with Gasteiger partial charge in [0.1, 0.15) is 17.2 Å². The molecule has 216 valence electrons. The van der Waals surface area contributed by atoms with Crippen molar-refractivity contribution in [1.29, 1.82) is 0 Å². The molecule has 8 nitrogen and oxygen atoms in total. The highest BCUT2D eigenvalue weighted by molar-refractivity contribution is 7.92. The minimum atomic E-state index is -3.71. The standard InChI is InChI=1S/C32H30FN3O5S/c1-6-19(2)18-36-14-13-20-7-8-22(15-25(20)32(36)38)24-16-26-28(17-27(24)35(4)42(5,39)40)41-30(29(26)31(37)34-3)21-9-11-23(33)12-10-21/h6-17H,18H2,1-5H3,(H,34,37). The Hall–Kier alpha value is -4.70. The van der Waals surface area contributed by atoms with Gasteiger partial charge < -0.3 is 14.3 Å². The molecule has 42 heavy (non-hydrogen) atoms. The summed E-state index contributed by atoms with van der Waals surface area (Å²) < 4.78 is 48.0. The SMILES string of the molecule is CC=C(C)Cn1ccc2ccc(-c3cc4c(C(=O)NC)c(-c5ccc(F)cc5)oc4cc3N(C)S(C)(=O)=O)cc2c1=O. The van der Waals surface area contributed by atoms with Gasteiger partial charge in [-0.25, -0.2) is 12.8 Å². The molecule has 5 aromatic rings. The number of anilines is 1. The van der Waals surface area contributed by atoms with Crippen molar-refractivity contribution in [3.8, 4) is 22.5 Å². The summed E-state index contributed by atoms with van der Waals surface area (Å²) in [4.78, 5) is 26.6.